The first-order valence-corrected chi connectivity index (χ1v) is 4.61. The normalized spacial score (nSPS) is 10.2. The van der Waals surface area contributed by atoms with Crippen LogP contribution >= 0.6 is 11.6 Å². The zero-order valence-corrected chi connectivity index (χ0v) is 8.85. The molecule has 0 fully saturated rings. The molecule has 0 amide bonds. The largest absolute Gasteiger partial charge is 0.507 e. The van der Waals surface area contributed by atoms with Gasteiger partial charge in [-0.25, -0.2) is 0 Å². The minimum atomic E-state index is -0.210. The lowest BCUT2D eigenvalue weighted by atomic mass is 10.1. The van der Waals surface area contributed by atoms with E-state index < -0.39 is 0 Å². The van der Waals surface area contributed by atoms with Gasteiger partial charge in [0.2, 0.25) is 0 Å². The number of phenolic OH excluding ortho intramolecular Hbond substituents is 1. The fourth-order valence-corrected chi connectivity index (χ4v) is 1.44. The maximum atomic E-state index is 11.5. The number of phenols is 1. The van der Waals surface area contributed by atoms with Gasteiger partial charge in [-0.15, -0.1) is 0 Å². The highest BCUT2D eigenvalue weighted by Gasteiger charge is 2.15. The molecule has 1 aromatic rings. The Hall–Kier alpha value is -1.06. The minimum absolute atomic E-state index is 0.0299. The molecule has 1 rings (SSSR count). The van der Waals surface area contributed by atoms with Gasteiger partial charge in [0.15, 0.2) is 5.78 Å². The second kappa shape index (κ2) is 4.44. The van der Waals surface area contributed by atoms with Crippen molar-refractivity contribution in [3.05, 3.63) is 28.3 Å². The quantitative estimate of drug-likeness (QED) is 0.753. The second-order valence-corrected chi connectivity index (χ2v) is 3.45. The molecule has 0 aliphatic carbocycles. The average Bonchev–Trinajstić information content (AvgIpc) is 2.13. The Morgan fingerprint density at radius 2 is 2.21 bits per heavy atom. The molecule has 0 aliphatic heterocycles. The van der Waals surface area contributed by atoms with Crippen molar-refractivity contribution in [1.29, 1.82) is 0 Å². The van der Waals surface area contributed by atoms with Crippen molar-refractivity contribution in [3.8, 4) is 5.75 Å². The molecule has 0 unspecified atom stereocenters. The van der Waals surface area contributed by atoms with Gasteiger partial charge in [-0.1, -0.05) is 17.7 Å². The Balaban J connectivity index is 3.18. The molecular formula is C10H12ClNO2. The summed E-state index contributed by atoms with van der Waals surface area (Å²) in [6.07, 6.45) is 0. The summed E-state index contributed by atoms with van der Waals surface area (Å²) in [5.41, 5.74) is 0.842. The lowest BCUT2D eigenvalue weighted by molar-refractivity contribution is 0.0991. The van der Waals surface area contributed by atoms with E-state index in [2.05, 4.69) is 5.32 Å². The third kappa shape index (κ3) is 2.05. The molecule has 0 heterocycles. The number of rotatable bonds is 3. The fraction of sp³-hybridized carbons (Fsp3) is 0.300. The Morgan fingerprint density at radius 1 is 1.57 bits per heavy atom. The zero-order chi connectivity index (χ0) is 10.7. The lowest BCUT2D eigenvalue weighted by Crippen LogP contribution is -2.19. The molecule has 0 radical (unpaired) electrons. The van der Waals surface area contributed by atoms with Crippen LogP contribution in [-0.4, -0.2) is 24.5 Å². The van der Waals surface area contributed by atoms with Crippen LogP contribution in [-0.2, 0) is 0 Å². The Kier molecular flexibility index (Phi) is 3.49. The summed E-state index contributed by atoms with van der Waals surface area (Å²) in [7, 11) is 1.67. The molecule has 0 bridgehead atoms. The van der Waals surface area contributed by atoms with Crippen LogP contribution < -0.4 is 5.32 Å². The van der Waals surface area contributed by atoms with E-state index in [4.69, 9.17) is 11.6 Å². The van der Waals surface area contributed by atoms with Crippen LogP contribution in [0.3, 0.4) is 0 Å². The van der Waals surface area contributed by atoms with Crippen molar-refractivity contribution in [2.45, 2.75) is 6.92 Å². The highest BCUT2D eigenvalue weighted by Crippen LogP contribution is 2.29. The van der Waals surface area contributed by atoms with Crippen LogP contribution in [0.4, 0.5) is 0 Å². The SMILES string of the molecule is CNCC(=O)c1c(Cl)ccc(C)c1O. The van der Waals surface area contributed by atoms with Crippen molar-refractivity contribution in [2.75, 3.05) is 13.6 Å². The predicted molar refractivity (Wildman–Crippen MR) is 56.1 cm³/mol. The molecule has 3 nitrogen and oxygen atoms in total. The van der Waals surface area contributed by atoms with Crippen LogP contribution in [0.25, 0.3) is 0 Å². The van der Waals surface area contributed by atoms with Crippen LogP contribution in [0, 0.1) is 6.92 Å². The van der Waals surface area contributed by atoms with E-state index in [9.17, 15) is 9.90 Å². The first kappa shape index (κ1) is 11.0. The molecule has 0 atom stereocenters. The van der Waals surface area contributed by atoms with Gasteiger partial charge >= 0.3 is 0 Å². The van der Waals surface area contributed by atoms with Gasteiger partial charge in [-0.3, -0.25) is 4.79 Å². The summed E-state index contributed by atoms with van der Waals surface area (Å²) in [5, 5.41) is 12.6. The molecule has 0 aromatic heterocycles. The van der Waals surface area contributed by atoms with Gasteiger partial charge in [0.1, 0.15) is 5.75 Å². The average molecular weight is 214 g/mol. The number of benzene rings is 1. The van der Waals surface area contributed by atoms with Gasteiger partial charge in [0.05, 0.1) is 17.1 Å². The van der Waals surface area contributed by atoms with Gasteiger partial charge in [-0.2, -0.15) is 0 Å². The Bertz CT molecular complexity index is 363. The van der Waals surface area contributed by atoms with E-state index in [1.165, 1.54) is 0 Å². The van der Waals surface area contributed by atoms with Gasteiger partial charge in [-0.05, 0) is 25.6 Å². The smallest absolute Gasteiger partial charge is 0.181 e. The van der Waals surface area contributed by atoms with Gasteiger partial charge in [0.25, 0.3) is 0 Å². The van der Waals surface area contributed by atoms with Gasteiger partial charge < -0.3 is 10.4 Å². The molecule has 0 spiro atoms. The van der Waals surface area contributed by atoms with Crippen LogP contribution in [0.5, 0.6) is 5.75 Å². The summed E-state index contributed by atoms with van der Waals surface area (Å²) in [6, 6.07) is 3.29. The van der Waals surface area contributed by atoms with Crippen LogP contribution in [0.2, 0.25) is 5.02 Å². The fourth-order valence-electron chi connectivity index (χ4n) is 1.18. The molecule has 1 aromatic carbocycles. The summed E-state index contributed by atoms with van der Waals surface area (Å²) in [6.45, 7) is 1.89. The molecule has 0 saturated heterocycles. The predicted octanol–water partition coefficient (Wildman–Crippen LogP) is 1.76. The van der Waals surface area contributed by atoms with Crippen molar-refractivity contribution in [1.82, 2.24) is 5.32 Å². The number of carbonyl (C=O) groups is 1. The highest BCUT2D eigenvalue weighted by molar-refractivity contribution is 6.34. The Labute approximate surface area is 87.7 Å². The first-order valence-electron chi connectivity index (χ1n) is 4.23. The second-order valence-electron chi connectivity index (χ2n) is 3.04. The molecule has 14 heavy (non-hydrogen) atoms. The standard InChI is InChI=1S/C10H12ClNO2/c1-6-3-4-7(11)9(10(6)14)8(13)5-12-2/h3-4,12,14H,5H2,1-2H3. The monoisotopic (exact) mass is 213 g/mol. The molecular weight excluding hydrogens is 202 g/mol. The number of carbonyl (C=O) groups excluding carboxylic acids is 1. The van der Waals surface area contributed by atoms with E-state index in [1.807, 2.05) is 0 Å². The number of Topliss-reactive ketones (excluding diaryl/α,β-unsaturated/α-hetero) is 1. The van der Waals surface area contributed by atoms with Crippen molar-refractivity contribution >= 4 is 17.4 Å². The third-order valence-electron chi connectivity index (χ3n) is 1.94. The number of ketones is 1. The maximum absolute atomic E-state index is 11.5. The number of aryl methyl sites for hydroxylation is 1. The number of aromatic hydroxyl groups is 1. The molecule has 2 N–H and O–H groups in total. The summed E-state index contributed by atoms with van der Waals surface area (Å²) >= 11 is 5.82. The maximum Gasteiger partial charge on any atom is 0.181 e. The third-order valence-corrected chi connectivity index (χ3v) is 2.26. The Morgan fingerprint density at radius 3 is 2.79 bits per heavy atom. The lowest BCUT2D eigenvalue weighted by Gasteiger charge is -2.07. The van der Waals surface area contributed by atoms with Crippen molar-refractivity contribution in [3.63, 3.8) is 0 Å². The zero-order valence-electron chi connectivity index (χ0n) is 8.10. The number of hydrogen-bond donors (Lipinski definition) is 2. The summed E-state index contributed by atoms with van der Waals surface area (Å²) in [4.78, 5) is 11.5. The molecule has 0 aliphatic rings. The number of hydrogen-bond acceptors (Lipinski definition) is 3. The molecule has 0 saturated carbocycles. The topological polar surface area (TPSA) is 49.3 Å². The van der Waals surface area contributed by atoms with Crippen molar-refractivity contribution < 1.29 is 9.90 Å². The van der Waals surface area contributed by atoms with E-state index in [0.29, 0.717) is 5.56 Å². The molecule has 76 valence electrons. The summed E-state index contributed by atoms with van der Waals surface area (Å²) in [5.74, 6) is -0.239. The highest BCUT2D eigenvalue weighted by atomic mass is 35.5. The van der Waals surface area contributed by atoms with E-state index in [1.54, 1.807) is 26.1 Å². The van der Waals surface area contributed by atoms with Crippen molar-refractivity contribution in [2.24, 2.45) is 0 Å². The van der Waals surface area contributed by atoms with E-state index in [0.717, 1.165) is 0 Å². The first-order chi connectivity index (χ1) is 6.57. The molecule has 4 heteroatoms. The minimum Gasteiger partial charge on any atom is -0.507 e. The number of nitrogens with one attached hydrogen (secondary N) is 1. The number of halogens is 1. The summed E-state index contributed by atoms with van der Waals surface area (Å²) < 4.78 is 0. The van der Waals surface area contributed by atoms with Crippen LogP contribution in [0.15, 0.2) is 12.1 Å². The van der Waals surface area contributed by atoms with Gasteiger partial charge in [0, 0.05) is 0 Å². The van der Waals surface area contributed by atoms with E-state index >= 15 is 0 Å². The van der Waals surface area contributed by atoms with Crippen LogP contribution in [0.1, 0.15) is 15.9 Å². The van der Waals surface area contributed by atoms with E-state index in [-0.39, 0.29) is 28.7 Å². The number of likely N-dealkylation sites (N-methyl/N-ethyl adjacent to an activating group) is 1.